The molecule has 0 aromatic rings. The first-order valence-electron chi connectivity index (χ1n) is 4.11. The van der Waals surface area contributed by atoms with Crippen molar-refractivity contribution in [1.29, 1.82) is 0 Å². The van der Waals surface area contributed by atoms with Crippen LogP contribution in [-0.4, -0.2) is 18.4 Å². The van der Waals surface area contributed by atoms with E-state index in [-0.39, 0.29) is 12.4 Å². The normalized spacial score (nSPS) is 31.3. The summed E-state index contributed by atoms with van der Waals surface area (Å²) in [5, 5.41) is 3.26. The molecule has 1 heterocycles. The zero-order valence-corrected chi connectivity index (χ0v) is 7.32. The van der Waals surface area contributed by atoms with E-state index in [1.54, 1.807) is 0 Å². The van der Waals surface area contributed by atoms with Gasteiger partial charge in [-0.05, 0) is 18.8 Å². The second-order valence-corrected chi connectivity index (χ2v) is 3.42. The van der Waals surface area contributed by atoms with E-state index in [0.717, 1.165) is 12.3 Å². The highest BCUT2D eigenvalue weighted by atomic mass is 35.5. The molecule has 1 N–H and O–H groups in total. The molecule has 0 amide bonds. The van der Waals surface area contributed by atoms with E-state index in [1.165, 1.54) is 19.3 Å². The molecule has 2 aliphatic rings. The van der Waals surface area contributed by atoms with Crippen molar-refractivity contribution in [2.75, 3.05) is 6.54 Å². The minimum atomic E-state index is 0. The van der Waals surface area contributed by atoms with Gasteiger partial charge in [-0.25, -0.2) is 0 Å². The molecule has 0 spiro atoms. The van der Waals surface area contributed by atoms with Crippen molar-refractivity contribution in [3.05, 3.63) is 0 Å². The van der Waals surface area contributed by atoms with Gasteiger partial charge < -0.3 is 5.32 Å². The number of ketones is 1. The molecular formula is C8H14ClNO. The van der Waals surface area contributed by atoms with Gasteiger partial charge in [-0.1, -0.05) is 6.42 Å². The smallest absolute Gasteiger partial charge is 0.148 e. The highest BCUT2D eigenvalue weighted by molar-refractivity contribution is 5.85. The Labute approximate surface area is 73.1 Å². The second-order valence-electron chi connectivity index (χ2n) is 3.42. The van der Waals surface area contributed by atoms with E-state index in [4.69, 9.17) is 0 Å². The van der Waals surface area contributed by atoms with Gasteiger partial charge in [0.2, 0.25) is 0 Å². The quantitative estimate of drug-likeness (QED) is 0.648. The standard InChI is InChI=1S/C8H13NO.ClH/c10-7-4-8(9-5-7)6-2-1-3-6;/h6,8-9H,1-5H2;1H. The number of halogens is 1. The van der Waals surface area contributed by atoms with Crippen LogP contribution in [0.4, 0.5) is 0 Å². The fraction of sp³-hybridized carbons (Fsp3) is 0.875. The molecule has 64 valence electrons. The topological polar surface area (TPSA) is 29.1 Å². The average molecular weight is 176 g/mol. The molecule has 0 aromatic heterocycles. The molecule has 0 radical (unpaired) electrons. The summed E-state index contributed by atoms with van der Waals surface area (Å²) in [5.74, 6) is 1.23. The number of carbonyl (C=O) groups excluding carboxylic acids is 1. The molecule has 1 saturated carbocycles. The number of rotatable bonds is 1. The maximum absolute atomic E-state index is 10.8. The molecule has 0 bridgehead atoms. The third-order valence-electron chi connectivity index (χ3n) is 2.73. The van der Waals surface area contributed by atoms with Crippen LogP contribution in [0, 0.1) is 5.92 Å². The number of nitrogens with one attached hydrogen (secondary N) is 1. The fourth-order valence-corrected chi connectivity index (χ4v) is 1.81. The molecule has 1 atom stereocenters. The molecule has 3 heteroatoms. The summed E-state index contributed by atoms with van der Waals surface area (Å²) in [5.41, 5.74) is 0. The monoisotopic (exact) mass is 175 g/mol. The highest BCUT2D eigenvalue weighted by Gasteiger charge is 2.32. The summed E-state index contributed by atoms with van der Waals surface area (Å²) < 4.78 is 0. The van der Waals surface area contributed by atoms with Crippen molar-refractivity contribution < 1.29 is 4.79 Å². The van der Waals surface area contributed by atoms with Gasteiger partial charge in [0.05, 0.1) is 6.54 Å². The molecule has 2 fully saturated rings. The van der Waals surface area contributed by atoms with Crippen LogP contribution < -0.4 is 5.32 Å². The van der Waals surface area contributed by atoms with Crippen molar-refractivity contribution in [2.24, 2.45) is 5.92 Å². The number of carbonyl (C=O) groups is 1. The summed E-state index contributed by atoms with van der Waals surface area (Å²) in [7, 11) is 0. The van der Waals surface area contributed by atoms with Crippen LogP contribution in [0.3, 0.4) is 0 Å². The van der Waals surface area contributed by atoms with E-state index in [1.807, 2.05) is 0 Å². The SMILES string of the molecule is Cl.O=C1CNC(C2CCC2)C1. The lowest BCUT2D eigenvalue weighted by molar-refractivity contribution is -0.116. The summed E-state index contributed by atoms with van der Waals surface area (Å²) >= 11 is 0. The van der Waals surface area contributed by atoms with Gasteiger partial charge in [0, 0.05) is 12.5 Å². The van der Waals surface area contributed by atoms with E-state index in [9.17, 15) is 4.79 Å². The summed E-state index contributed by atoms with van der Waals surface area (Å²) in [6.45, 7) is 0.626. The first kappa shape index (κ1) is 9.01. The van der Waals surface area contributed by atoms with E-state index in [2.05, 4.69) is 5.32 Å². The summed E-state index contributed by atoms with van der Waals surface area (Å²) in [6.07, 6.45) is 4.84. The molecule has 1 aliphatic heterocycles. The molecular weight excluding hydrogens is 162 g/mol. The Morgan fingerprint density at radius 2 is 2.09 bits per heavy atom. The number of hydrogen-bond donors (Lipinski definition) is 1. The minimum absolute atomic E-state index is 0. The first-order chi connectivity index (χ1) is 4.86. The highest BCUT2D eigenvalue weighted by Crippen LogP contribution is 2.32. The van der Waals surface area contributed by atoms with Crippen LogP contribution in [-0.2, 0) is 4.79 Å². The molecule has 2 rings (SSSR count). The van der Waals surface area contributed by atoms with Gasteiger partial charge in [0.25, 0.3) is 0 Å². The van der Waals surface area contributed by atoms with E-state index in [0.29, 0.717) is 18.4 Å². The lowest BCUT2D eigenvalue weighted by Gasteiger charge is -2.30. The van der Waals surface area contributed by atoms with E-state index < -0.39 is 0 Å². The van der Waals surface area contributed by atoms with Gasteiger partial charge in [-0.15, -0.1) is 12.4 Å². The first-order valence-corrected chi connectivity index (χ1v) is 4.11. The van der Waals surface area contributed by atoms with Crippen molar-refractivity contribution >= 4 is 18.2 Å². The fourth-order valence-electron chi connectivity index (χ4n) is 1.81. The second kappa shape index (κ2) is 3.55. The van der Waals surface area contributed by atoms with Crippen LogP contribution in [0.2, 0.25) is 0 Å². The Balaban J connectivity index is 0.000000605. The predicted molar refractivity (Wildman–Crippen MR) is 46.0 cm³/mol. The Bertz CT molecular complexity index is 156. The molecule has 11 heavy (non-hydrogen) atoms. The Morgan fingerprint density at radius 1 is 1.36 bits per heavy atom. The summed E-state index contributed by atoms with van der Waals surface area (Å²) in [6, 6.07) is 0.543. The van der Waals surface area contributed by atoms with Crippen LogP contribution in [0.1, 0.15) is 25.7 Å². The van der Waals surface area contributed by atoms with Gasteiger partial charge in [-0.3, -0.25) is 4.79 Å². The molecule has 2 nitrogen and oxygen atoms in total. The van der Waals surface area contributed by atoms with Crippen molar-refractivity contribution in [1.82, 2.24) is 5.32 Å². The van der Waals surface area contributed by atoms with Gasteiger partial charge in [-0.2, -0.15) is 0 Å². The zero-order valence-electron chi connectivity index (χ0n) is 6.51. The minimum Gasteiger partial charge on any atom is -0.306 e. The average Bonchev–Trinajstić information content (AvgIpc) is 2.10. The van der Waals surface area contributed by atoms with Crippen molar-refractivity contribution in [3.63, 3.8) is 0 Å². The number of hydrogen-bond acceptors (Lipinski definition) is 2. The molecule has 1 saturated heterocycles. The lowest BCUT2D eigenvalue weighted by atomic mass is 9.79. The molecule has 1 unspecified atom stereocenters. The van der Waals surface area contributed by atoms with Gasteiger partial charge >= 0.3 is 0 Å². The van der Waals surface area contributed by atoms with Crippen molar-refractivity contribution in [3.8, 4) is 0 Å². The zero-order chi connectivity index (χ0) is 6.97. The van der Waals surface area contributed by atoms with Crippen LogP contribution >= 0.6 is 12.4 Å². The Kier molecular flexibility index (Phi) is 2.90. The summed E-state index contributed by atoms with van der Waals surface area (Å²) in [4.78, 5) is 10.8. The van der Waals surface area contributed by atoms with Gasteiger partial charge in [0.15, 0.2) is 0 Å². The Morgan fingerprint density at radius 3 is 2.45 bits per heavy atom. The Hall–Kier alpha value is -0.0800. The largest absolute Gasteiger partial charge is 0.306 e. The maximum Gasteiger partial charge on any atom is 0.148 e. The number of Topliss-reactive ketones (excluding diaryl/α,β-unsaturated/α-hetero) is 1. The molecule has 0 aromatic carbocycles. The third kappa shape index (κ3) is 1.74. The molecule has 1 aliphatic carbocycles. The van der Waals surface area contributed by atoms with Crippen LogP contribution in [0.25, 0.3) is 0 Å². The van der Waals surface area contributed by atoms with Gasteiger partial charge in [0.1, 0.15) is 5.78 Å². The van der Waals surface area contributed by atoms with Crippen molar-refractivity contribution in [2.45, 2.75) is 31.7 Å². The van der Waals surface area contributed by atoms with Crippen LogP contribution in [0.5, 0.6) is 0 Å². The van der Waals surface area contributed by atoms with E-state index >= 15 is 0 Å². The lowest BCUT2D eigenvalue weighted by Crippen LogP contribution is -2.34. The maximum atomic E-state index is 10.8. The van der Waals surface area contributed by atoms with Crippen LogP contribution in [0.15, 0.2) is 0 Å². The third-order valence-corrected chi connectivity index (χ3v) is 2.73. The predicted octanol–water partition coefficient (Wildman–Crippen LogP) is 1.14.